The average molecular weight is 451 g/mol. The van der Waals surface area contributed by atoms with Crippen LogP contribution in [0.4, 0.5) is 16.2 Å². The summed E-state index contributed by atoms with van der Waals surface area (Å²) in [5, 5.41) is 5.59. The van der Waals surface area contributed by atoms with Crippen molar-refractivity contribution in [2.24, 2.45) is 0 Å². The number of amides is 2. The van der Waals surface area contributed by atoms with Crippen LogP contribution in [0.5, 0.6) is 11.5 Å². The molecule has 0 aliphatic rings. The molecule has 0 heterocycles. The van der Waals surface area contributed by atoms with Crippen molar-refractivity contribution in [1.82, 2.24) is 0 Å². The highest BCUT2D eigenvalue weighted by molar-refractivity contribution is 5.99. The second-order valence-electron chi connectivity index (χ2n) is 8.00. The number of Topliss-reactive ketones (excluding diaryl/α,β-unsaturated/α-hetero) is 1. The largest absolute Gasteiger partial charge is 0.457 e. The molecule has 2 N–H and O–H groups in total. The standard InChI is InChI=1S/C29H26N2O3/c1-21-7-12-24(13-8-21)30-29(33)31-25-14-18-27(19-15-25)34-26-16-10-23(11-17-26)28(32)20-9-22-5-3-2-4-6-22/h2-8,10-19H,9,20H2,1H3,(H2,30,31,33). The zero-order valence-corrected chi connectivity index (χ0v) is 19.0. The molecule has 0 aliphatic carbocycles. The van der Waals surface area contributed by atoms with Gasteiger partial charge in [-0.1, -0.05) is 48.0 Å². The van der Waals surface area contributed by atoms with E-state index in [1.54, 1.807) is 48.5 Å². The van der Waals surface area contributed by atoms with Crippen molar-refractivity contribution in [3.05, 3.63) is 120 Å². The molecule has 170 valence electrons. The van der Waals surface area contributed by atoms with Crippen molar-refractivity contribution in [3.63, 3.8) is 0 Å². The third-order valence-corrected chi connectivity index (χ3v) is 5.32. The summed E-state index contributed by atoms with van der Waals surface area (Å²) >= 11 is 0. The van der Waals surface area contributed by atoms with Gasteiger partial charge in [-0.2, -0.15) is 0 Å². The van der Waals surface area contributed by atoms with Gasteiger partial charge in [0.1, 0.15) is 11.5 Å². The van der Waals surface area contributed by atoms with Gasteiger partial charge < -0.3 is 15.4 Å². The zero-order valence-electron chi connectivity index (χ0n) is 19.0. The van der Waals surface area contributed by atoms with E-state index in [-0.39, 0.29) is 11.8 Å². The van der Waals surface area contributed by atoms with Crippen molar-refractivity contribution >= 4 is 23.2 Å². The molecule has 5 heteroatoms. The van der Waals surface area contributed by atoms with Gasteiger partial charge in [-0.3, -0.25) is 4.79 Å². The van der Waals surface area contributed by atoms with Crippen LogP contribution < -0.4 is 15.4 Å². The second kappa shape index (κ2) is 11.0. The fraction of sp³-hybridized carbons (Fsp3) is 0.103. The SMILES string of the molecule is Cc1ccc(NC(=O)Nc2ccc(Oc3ccc(C(=O)CCc4ccccc4)cc3)cc2)cc1. The molecule has 4 aromatic rings. The van der Waals surface area contributed by atoms with E-state index in [1.165, 1.54) is 0 Å². The number of anilines is 2. The number of nitrogens with one attached hydrogen (secondary N) is 2. The van der Waals surface area contributed by atoms with Crippen LogP contribution in [-0.2, 0) is 6.42 Å². The third kappa shape index (κ3) is 6.56. The Morgan fingerprint density at radius 1 is 0.676 bits per heavy atom. The molecule has 0 aliphatic heterocycles. The summed E-state index contributed by atoms with van der Waals surface area (Å²) in [4.78, 5) is 24.6. The normalized spacial score (nSPS) is 10.4. The van der Waals surface area contributed by atoms with Gasteiger partial charge in [0.05, 0.1) is 0 Å². The van der Waals surface area contributed by atoms with E-state index >= 15 is 0 Å². The van der Waals surface area contributed by atoms with E-state index in [0.717, 1.165) is 23.2 Å². The summed E-state index contributed by atoms with van der Waals surface area (Å²) in [6.45, 7) is 1.99. The molecule has 0 fully saturated rings. The van der Waals surface area contributed by atoms with Crippen LogP contribution in [0.25, 0.3) is 0 Å². The summed E-state index contributed by atoms with van der Waals surface area (Å²) in [7, 11) is 0. The number of ketones is 1. The highest BCUT2D eigenvalue weighted by atomic mass is 16.5. The Morgan fingerprint density at radius 3 is 1.79 bits per heavy atom. The average Bonchev–Trinajstić information content (AvgIpc) is 2.86. The Hall–Kier alpha value is -4.38. The first kappa shape index (κ1) is 22.8. The Morgan fingerprint density at radius 2 is 1.21 bits per heavy atom. The van der Waals surface area contributed by atoms with Crippen LogP contribution in [0.15, 0.2) is 103 Å². The summed E-state index contributed by atoms with van der Waals surface area (Å²) in [5.74, 6) is 1.37. The van der Waals surface area contributed by atoms with Gasteiger partial charge in [-0.15, -0.1) is 0 Å². The first-order valence-electron chi connectivity index (χ1n) is 11.1. The Labute approximate surface area is 199 Å². The number of rotatable bonds is 8. The van der Waals surface area contributed by atoms with Crippen LogP contribution in [0, 0.1) is 6.92 Å². The fourth-order valence-electron chi connectivity index (χ4n) is 3.43. The molecule has 0 saturated heterocycles. The fourth-order valence-corrected chi connectivity index (χ4v) is 3.43. The number of ether oxygens (including phenoxy) is 1. The lowest BCUT2D eigenvalue weighted by Gasteiger charge is -2.10. The van der Waals surface area contributed by atoms with Crippen LogP contribution in [0.2, 0.25) is 0 Å². The maximum absolute atomic E-state index is 12.5. The number of carbonyl (C=O) groups excluding carboxylic acids is 2. The van der Waals surface area contributed by atoms with E-state index in [4.69, 9.17) is 4.74 Å². The van der Waals surface area contributed by atoms with Gasteiger partial charge >= 0.3 is 6.03 Å². The number of aryl methyl sites for hydroxylation is 2. The lowest BCUT2D eigenvalue weighted by molar-refractivity contribution is 0.0983. The van der Waals surface area contributed by atoms with E-state index in [1.807, 2.05) is 61.5 Å². The molecule has 0 unspecified atom stereocenters. The van der Waals surface area contributed by atoms with Crippen molar-refractivity contribution < 1.29 is 14.3 Å². The van der Waals surface area contributed by atoms with Gasteiger partial charge in [-0.25, -0.2) is 4.79 Å². The Balaban J connectivity index is 1.27. The number of urea groups is 1. The molecule has 2 amide bonds. The molecule has 0 saturated carbocycles. The van der Waals surface area contributed by atoms with Crippen LogP contribution in [0.1, 0.15) is 27.9 Å². The first-order valence-corrected chi connectivity index (χ1v) is 11.1. The molecule has 0 radical (unpaired) electrons. The Kier molecular flexibility index (Phi) is 7.35. The molecular weight excluding hydrogens is 424 g/mol. The number of benzene rings is 4. The molecule has 0 aromatic heterocycles. The predicted octanol–water partition coefficient (Wildman–Crippen LogP) is 7.25. The molecule has 0 atom stereocenters. The molecule has 0 spiro atoms. The minimum atomic E-state index is -0.315. The highest BCUT2D eigenvalue weighted by Crippen LogP contribution is 2.24. The van der Waals surface area contributed by atoms with Crippen LogP contribution >= 0.6 is 0 Å². The number of carbonyl (C=O) groups is 2. The second-order valence-corrected chi connectivity index (χ2v) is 8.00. The van der Waals surface area contributed by atoms with Crippen LogP contribution in [0.3, 0.4) is 0 Å². The lowest BCUT2D eigenvalue weighted by atomic mass is 10.0. The van der Waals surface area contributed by atoms with Gasteiger partial charge in [0.15, 0.2) is 5.78 Å². The maximum Gasteiger partial charge on any atom is 0.323 e. The maximum atomic E-state index is 12.5. The number of hydrogen-bond donors (Lipinski definition) is 2. The summed E-state index contributed by atoms with van der Waals surface area (Å²) in [5.41, 5.74) is 4.33. The van der Waals surface area contributed by atoms with Crippen molar-refractivity contribution in [1.29, 1.82) is 0 Å². The quantitative estimate of drug-likeness (QED) is 0.278. The van der Waals surface area contributed by atoms with Gasteiger partial charge in [-0.05, 0) is 79.6 Å². The summed E-state index contributed by atoms with van der Waals surface area (Å²) in [6, 6.07) is 31.5. The predicted molar refractivity (Wildman–Crippen MR) is 136 cm³/mol. The van der Waals surface area contributed by atoms with Crippen molar-refractivity contribution in [2.75, 3.05) is 10.6 Å². The van der Waals surface area contributed by atoms with Gasteiger partial charge in [0.2, 0.25) is 0 Å². The molecule has 34 heavy (non-hydrogen) atoms. The first-order chi connectivity index (χ1) is 16.5. The monoisotopic (exact) mass is 450 g/mol. The lowest BCUT2D eigenvalue weighted by Crippen LogP contribution is -2.19. The van der Waals surface area contributed by atoms with E-state index < -0.39 is 0 Å². The van der Waals surface area contributed by atoms with Gasteiger partial charge in [0, 0.05) is 23.4 Å². The smallest absolute Gasteiger partial charge is 0.323 e. The van der Waals surface area contributed by atoms with E-state index in [9.17, 15) is 9.59 Å². The molecular formula is C29H26N2O3. The van der Waals surface area contributed by atoms with Crippen molar-refractivity contribution in [3.8, 4) is 11.5 Å². The number of hydrogen-bond acceptors (Lipinski definition) is 3. The van der Waals surface area contributed by atoms with Crippen LogP contribution in [-0.4, -0.2) is 11.8 Å². The Bertz CT molecular complexity index is 1230. The topological polar surface area (TPSA) is 67.4 Å². The van der Waals surface area contributed by atoms with E-state index in [0.29, 0.717) is 29.2 Å². The van der Waals surface area contributed by atoms with Crippen molar-refractivity contribution in [2.45, 2.75) is 19.8 Å². The third-order valence-electron chi connectivity index (χ3n) is 5.32. The molecule has 4 aromatic carbocycles. The molecule has 5 nitrogen and oxygen atoms in total. The zero-order chi connectivity index (χ0) is 23.8. The minimum absolute atomic E-state index is 0.106. The summed E-state index contributed by atoms with van der Waals surface area (Å²) in [6.07, 6.45) is 1.19. The van der Waals surface area contributed by atoms with Gasteiger partial charge in [0.25, 0.3) is 0 Å². The molecule has 0 bridgehead atoms. The minimum Gasteiger partial charge on any atom is -0.457 e. The highest BCUT2D eigenvalue weighted by Gasteiger charge is 2.08. The van der Waals surface area contributed by atoms with E-state index in [2.05, 4.69) is 10.6 Å². The molecule has 4 rings (SSSR count). The summed E-state index contributed by atoms with van der Waals surface area (Å²) < 4.78 is 5.87.